The second-order valence-corrected chi connectivity index (χ2v) is 7.08. The van der Waals surface area contributed by atoms with Crippen molar-refractivity contribution in [2.24, 2.45) is 5.10 Å². The molecule has 0 radical (unpaired) electrons. The molecule has 2 aromatic carbocycles. The summed E-state index contributed by atoms with van der Waals surface area (Å²) in [6.07, 6.45) is 6.95. The molecule has 0 unspecified atom stereocenters. The molecule has 0 fully saturated rings. The van der Waals surface area contributed by atoms with Gasteiger partial charge >= 0.3 is 0 Å². The first-order chi connectivity index (χ1) is 12.2. The summed E-state index contributed by atoms with van der Waals surface area (Å²) in [6.45, 7) is 0.193. The van der Waals surface area contributed by atoms with Crippen LogP contribution in [-0.4, -0.2) is 24.9 Å². The molecule has 0 aliphatic carbocycles. The molecule has 0 saturated carbocycles. The van der Waals surface area contributed by atoms with Gasteiger partial charge in [-0.3, -0.25) is 5.43 Å². The van der Waals surface area contributed by atoms with Crippen LogP contribution in [0.2, 0.25) is 0 Å². The van der Waals surface area contributed by atoms with Crippen LogP contribution >= 0.6 is 33.9 Å². The summed E-state index contributed by atoms with van der Waals surface area (Å²) < 4.78 is 12.9. The maximum absolute atomic E-state index is 5.53. The summed E-state index contributed by atoms with van der Waals surface area (Å²) in [4.78, 5) is 4.47. The molecule has 1 N–H and O–H groups in total. The third kappa shape index (κ3) is 4.21. The molecule has 25 heavy (non-hydrogen) atoms. The third-order valence-electron chi connectivity index (χ3n) is 3.22. The van der Waals surface area contributed by atoms with Crippen LogP contribution in [0.25, 0.3) is 10.2 Å². The van der Waals surface area contributed by atoms with Crippen LogP contribution < -0.4 is 14.9 Å². The van der Waals surface area contributed by atoms with Gasteiger partial charge in [-0.15, -0.1) is 6.42 Å². The van der Waals surface area contributed by atoms with Crippen molar-refractivity contribution in [3.63, 3.8) is 0 Å². The van der Waals surface area contributed by atoms with Crippen LogP contribution in [0.15, 0.2) is 41.5 Å². The number of aromatic nitrogens is 1. The minimum atomic E-state index is 0.193. The van der Waals surface area contributed by atoms with Gasteiger partial charge in [0.15, 0.2) is 11.5 Å². The first-order valence-corrected chi connectivity index (χ1v) is 9.19. The standard InChI is InChI=1S/C18H14IN3O2S/c1-3-8-24-17-13(19)9-12(10-15(17)23-2)11-20-22-18-21-14-6-4-5-7-16(14)25-18/h1,4-7,9-11H,8H2,2H3,(H,21,22)/b20-11-. The van der Waals surface area contributed by atoms with Gasteiger partial charge in [-0.05, 0) is 52.4 Å². The van der Waals surface area contributed by atoms with Crippen molar-refractivity contribution < 1.29 is 9.47 Å². The Morgan fingerprint density at radius 1 is 1.40 bits per heavy atom. The number of thiazole rings is 1. The fourth-order valence-electron chi connectivity index (χ4n) is 2.15. The Labute approximate surface area is 163 Å². The molecule has 0 aliphatic rings. The fourth-order valence-corrected chi connectivity index (χ4v) is 3.75. The zero-order valence-electron chi connectivity index (χ0n) is 13.3. The predicted molar refractivity (Wildman–Crippen MR) is 111 cm³/mol. The Morgan fingerprint density at radius 2 is 2.24 bits per heavy atom. The van der Waals surface area contributed by atoms with E-state index in [4.69, 9.17) is 15.9 Å². The molecule has 0 spiro atoms. The first-order valence-electron chi connectivity index (χ1n) is 7.29. The van der Waals surface area contributed by atoms with E-state index < -0.39 is 0 Å². The lowest BCUT2D eigenvalue weighted by Gasteiger charge is -2.11. The van der Waals surface area contributed by atoms with E-state index >= 15 is 0 Å². The van der Waals surface area contributed by atoms with Gasteiger partial charge in [0.05, 0.1) is 27.1 Å². The molecule has 1 heterocycles. The predicted octanol–water partition coefficient (Wildman–Crippen LogP) is 4.37. The van der Waals surface area contributed by atoms with Gasteiger partial charge in [0.1, 0.15) is 6.61 Å². The molecule has 3 aromatic rings. The highest BCUT2D eigenvalue weighted by atomic mass is 127. The van der Waals surface area contributed by atoms with Crippen LogP contribution in [0.4, 0.5) is 5.13 Å². The van der Waals surface area contributed by atoms with Crippen molar-refractivity contribution in [2.75, 3.05) is 19.1 Å². The fraction of sp³-hybridized carbons (Fsp3) is 0.111. The van der Waals surface area contributed by atoms with Crippen LogP contribution in [0.1, 0.15) is 5.56 Å². The molecule has 1 aromatic heterocycles. The van der Waals surface area contributed by atoms with Gasteiger partial charge in [0.2, 0.25) is 5.13 Å². The molecular weight excluding hydrogens is 449 g/mol. The van der Waals surface area contributed by atoms with Gasteiger partial charge in [-0.25, -0.2) is 4.98 Å². The summed E-state index contributed by atoms with van der Waals surface area (Å²) in [5.41, 5.74) is 4.80. The van der Waals surface area contributed by atoms with Gasteiger partial charge in [0, 0.05) is 0 Å². The Bertz CT molecular complexity index is 930. The molecule has 126 valence electrons. The van der Waals surface area contributed by atoms with Gasteiger partial charge in [-0.1, -0.05) is 29.4 Å². The second-order valence-electron chi connectivity index (χ2n) is 4.88. The highest BCUT2D eigenvalue weighted by Crippen LogP contribution is 2.33. The van der Waals surface area contributed by atoms with Crippen molar-refractivity contribution in [2.45, 2.75) is 0 Å². The molecule has 0 aliphatic heterocycles. The number of methoxy groups -OCH3 is 1. The number of nitrogens with one attached hydrogen (secondary N) is 1. The summed E-state index contributed by atoms with van der Waals surface area (Å²) in [6, 6.07) is 11.8. The number of rotatable bonds is 6. The van der Waals surface area contributed by atoms with E-state index in [9.17, 15) is 0 Å². The number of hydrogen-bond acceptors (Lipinski definition) is 6. The average Bonchev–Trinajstić information content (AvgIpc) is 3.03. The van der Waals surface area contributed by atoms with Crippen LogP contribution in [0.3, 0.4) is 0 Å². The van der Waals surface area contributed by atoms with Crippen molar-refractivity contribution in [3.8, 4) is 23.8 Å². The van der Waals surface area contributed by atoms with Gasteiger partial charge in [-0.2, -0.15) is 5.10 Å². The van der Waals surface area contributed by atoms with Crippen molar-refractivity contribution in [1.29, 1.82) is 0 Å². The van der Waals surface area contributed by atoms with E-state index in [1.54, 1.807) is 24.7 Å². The number of anilines is 1. The molecule has 0 bridgehead atoms. The molecular formula is C18H14IN3O2S. The van der Waals surface area contributed by atoms with E-state index in [-0.39, 0.29) is 6.61 Å². The summed E-state index contributed by atoms with van der Waals surface area (Å²) in [5.74, 6) is 3.70. The van der Waals surface area contributed by atoms with Crippen molar-refractivity contribution >= 4 is 55.5 Å². The number of terminal acetylenes is 1. The molecule has 0 atom stereocenters. The topological polar surface area (TPSA) is 55.7 Å². The molecule has 0 amide bonds. The zero-order chi connectivity index (χ0) is 17.6. The number of halogens is 1. The summed E-state index contributed by atoms with van der Waals surface area (Å²) >= 11 is 3.74. The monoisotopic (exact) mass is 463 g/mol. The van der Waals surface area contributed by atoms with Crippen molar-refractivity contribution in [1.82, 2.24) is 4.98 Å². The third-order valence-corrected chi connectivity index (χ3v) is 4.96. The SMILES string of the molecule is C#CCOc1c(I)cc(/C=N\Nc2nc3ccccc3s2)cc1OC. The van der Waals surface area contributed by atoms with Crippen LogP contribution in [0, 0.1) is 15.9 Å². The minimum absolute atomic E-state index is 0.193. The van der Waals surface area contributed by atoms with E-state index in [1.165, 1.54) is 0 Å². The maximum Gasteiger partial charge on any atom is 0.204 e. The number of ether oxygens (including phenoxy) is 2. The maximum atomic E-state index is 5.53. The van der Waals surface area contributed by atoms with E-state index in [0.29, 0.717) is 11.5 Å². The lowest BCUT2D eigenvalue weighted by Crippen LogP contribution is -2.00. The largest absolute Gasteiger partial charge is 0.493 e. The van der Waals surface area contributed by atoms with Gasteiger partial charge < -0.3 is 9.47 Å². The molecule has 7 heteroatoms. The Hall–Kier alpha value is -2.31. The number of fused-ring (bicyclic) bond motifs is 1. The average molecular weight is 463 g/mol. The summed E-state index contributed by atoms with van der Waals surface area (Å²) in [7, 11) is 1.59. The van der Waals surface area contributed by atoms with Crippen LogP contribution in [-0.2, 0) is 0 Å². The Balaban J connectivity index is 1.76. The zero-order valence-corrected chi connectivity index (χ0v) is 16.3. The normalized spacial score (nSPS) is 10.8. The van der Waals surface area contributed by atoms with Crippen LogP contribution in [0.5, 0.6) is 11.5 Å². The highest BCUT2D eigenvalue weighted by Gasteiger charge is 2.10. The highest BCUT2D eigenvalue weighted by molar-refractivity contribution is 14.1. The van der Waals surface area contributed by atoms with E-state index in [1.807, 2.05) is 36.4 Å². The number of benzene rings is 2. The number of hydrazone groups is 1. The summed E-state index contributed by atoms with van der Waals surface area (Å²) in [5, 5.41) is 5.00. The van der Waals surface area contributed by atoms with E-state index in [0.717, 1.165) is 24.5 Å². The molecule has 3 rings (SSSR count). The quantitative estimate of drug-likeness (QED) is 0.256. The number of para-hydroxylation sites is 1. The minimum Gasteiger partial charge on any atom is -0.493 e. The number of nitrogens with zero attached hydrogens (tertiary/aromatic N) is 2. The lowest BCUT2D eigenvalue weighted by molar-refractivity contribution is 0.328. The Morgan fingerprint density at radius 3 is 3.00 bits per heavy atom. The first kappa shape index (κ1) is 17.5. The second kappa shape index (κ2) is 8.18. The van der Waals surface area contributed by atoms with E-state index in [2.05, 4.69) is 44.0 Å². The smallest absolute Gasteiger partial charge is 0.204 e. The van der Waals surface area contributed by atoms with Gasteiger partial charge in [0.25, 0.3) is 0 Å². The molecule has 5 nitrogen and oxygen atoms in total. The van der Waals surface area contributed by atoms with Crippen molar-refractivity contribution in [3.05, 3.63) is 45.5 Å². The Kier molecular flexibility index (Phi) is 5.73. The molecule has 0 saturated heterocycles. The lowest BCUT2D eigenvalue weighted by atomic mass is 10.2. The number of hydrogen-bond donors (Lipinski definition) is 1.